The molecule has 1 heterocycles. The Morgan fingerprint density at radius 3 is 3.00 bits per heavy atom. The number of aromatic nitrogens is 1. The summed E-state index contributed by atoms with van der Waals surface area (Å²) in [6, 6.07) is 5.07. The minimum atomic E-state index is -0.186. The van der Waals surface area contributed by atoms with Crippen LogP contribution in [0.15, 0.2) is 29.8 Å². The lowest BCUT2D eigenvalue weighted by molar-refractivity contribution is 0.565. The van der Waals surface area contributed by atoms with Crippen molar-refractivity contribution in [1.82, 2.24) is 10.3 Å². The lowest BCUT2D eigenvalue weighted by Crippen LogP contribution is -2.18. The van der Waals surface area contributed by atoms with Crippen LogP contribution in [-0.4, -0.2) is 4.98 Å². The number of halogens is 1. The predicted molar refractivity (Wildman–Crippen MR) is 68.5 cm³/mol. The normalized spacial score (nSPS) is 12.6. The summed E-state index contributed by atoms with van der Waals surface area (Å²) in [4.78, 5) is 4.25. The largest absolute Gasteiger partial charge is 0.304 e. The minimum Gasteiger partial charge on any atom is -0.304 e. The maximum Gasteiger partial charge on any atom is 0.123 e. The van der Waals surface area contributed by atoms with Gasteiger partial charge in [0.2, 0.25) is 0 Å². The van der Waals surface area contributed by atoms with Crippen LogP contribution in [0.5, 0.6) is 0 Å². The van der Waals surface area contributed by atoms with Crippen LogP contribution in [0.3, 0.4) is 0 Å². The molecule has 1 N–H and O–H groups in total. The third kappa shape index (κ3) is 3.11. The van der Waals surface area contributed by atoms with Gasteiger partial charge >= 0.3 is 0 Å². The predicted octanol–water partition coefficient (Wildman–Crippen LogP) is 3.44. The van der Waals surface area contributed by atoms with Gasteiger partial charge in [-0.1, -0.05) is 6.07 Å². The van der Waals surface area contributed by atoms with Crippen LogP contribution in [0.2, 0.25) is 0 Å². The standard InChI is InChI=1S/C13H15FN2S/c1-9-3-4-12(14)7-11(9)8-16-10(2)13-15-5-6-17-13/h3-7,10,16H,8H2,1-2H3. The second kappa shape index (κ2) is 5.38. The van der Waals surface area contributed by atoms with Crippen molar-refractivity contribution in [3.05, 3.63) is 51.7 Å². The van der Waals surface area contributed by atoms with Gasteiger partial charge in [0.25, 0.3) is 0 Å². The average molecular weight is 250 g/mol. The van der Waals surface area contributed by atoms with E-state index in [1.165, 1.54) is 6.07 Å². The maximum atomic E-state index is 13.1. The molecule has 0 bridgehead atoms. The molecule has 90 valence electrons. The smallest absolute Gasteiger partial charge is 0.123 e. The Kier molecular flexibility index (Phi) is 3.86. The second-order valence-corrected chi connectivity index (χ2v) is 4.97. The molecule has 0 saturated heterocycles. The number of hydrogen-bond acceptors (Lipinski definition) is 3. The molecule has 1 aromatic carbocycles. The van der Waals surface area contributed by atoms with Gasteiger partial charge in [0.15, 0.2) is 0 Å². The number of thiazole rings is 1. The van der Waals surface area contributed by atoms with Crippen LogP contribution in [0, 0.1) is 12.7 Å². The molecule has 1 aromatic heterocycles. The van der Waals surface area contributed by atoms with Crippen molar-refractivity contribution < 1.29 is 4.39 Å². The second-order valence-electron chi connectivity index (χ2n) is 4.04. The topological polar surface area (TPSA) is 24.9 Å². The highest BCUT2D eigenvalue weighted by molar-refractivity contribution is 7.09. The third-order valence-corrected chi connectivity index (χ3v) is 3.69. The molecule has 0 saturated carbocycles. The van der Waals surface area contributed by atoms with E-state index in [0.717, 1.165) is 16.1 Å². The number of nitrogens with one attached hydrogen (secondary N) is 1. The first-order chi connectivity index (χ1) is 8.16. The zero-order valence-corrected chi connectivity index (χ0v) is 10.7. The van der Waals surface area contributed by atoms with Gasteiger partial charge in [-0.25, -0.2) is 9.37 Å². The van der Waals surface area contributed by atoms with Crippen LogP contribution in [0.25, 0.3) is 0 Å². The van der Waals surface area contributed by atoms with Gasteiger partial charge in [-0.3, -0.25) is 0 Å². The van der Waals surface area contributed by atoms with Crippen LogP contribution in [0.4, 0.5) is 4.39 Å². The summed E-state index contributed by atoms with van der Waals surface area (Å²) in [5.41, 5.74) is 2.10. The van der Waals surface area contributed by atoms with E-state index in [1.807, 2.05) is 12.3 Å². The van der Waals surface area contributed by atoms with Crippen LogP contribution < -0.4 is 5.32 Å². The Labute approximate surface area is 105 Å². The van der Waals surface area contributed by atoms with Crippen molar-refractivity contribution in [2.24, 2.45) is 0 Å². The van der Waals surface area contributed by atoms with E-state index in [2.05, 4.69) is 17.2 Å². The molecule has 0 fully saturated rings. The van der Waals surface area contributed by atoms with Crippen molar-refractivity contribution in [3.63, 3.8) is 0 Å². The highest BCUT2D eigenvalue weighted by Crippen LogP contribution is 2.16. The molecule has 4 heteroatoms. The summed E-state index contributed by atoms with van der Waals surface area (Å²) < 4.78 is 13.1. The Hall–Kier alpha value is -1.26. The van der Waals surface area contributed by atoms with Crippen molar-refractivity contribution in [2.75, 3.05) is 0 Å². The third-order valence-electron chi connectivity index (χ3n) is 2.73. The fraction of sp³-hybridized carbons (Fsp3) is 0.308. The molecule has 0 aliphatic carbocycles. The summed E-state index contributed by atoms with van der Waals surface area (Å²) >= 11 is 1.63. The van der Waals surface area contributed by atoms with Gasteiger partial charge < -0.3 is 5.32 Å². The van der Waals surface area contributed by atoms with Crippen LogP contribution in [0.1, 0.15) is 29.1 Å². The van der Waals surface area contributed by atoms with Gasteiger partial charge in [-0.15, -0.1) is 11.3 Å². The van der Waals surface area contributed by atoms with Crippen LogP contribution in [-0.2, 0) is 6.54 Å². The van der Waals surface area contributed by atoms with Gasteiger partial charge in [-0.2, -0.15) is 0 Å². The number of benzene rings is 1. The van der Waals surface area contributed by atoms with Crippen LogP contribution >= 0.6 is 11.3 Å². The molecule has 17 heavy (non-hydrogen) atoms. The van der Waals surface area contributed by atoms with Crippen molar-refractivity contribution >= 4 is 11.3 Å². The van der Waals surface area contributed by atoms with Gasteiger partial charge in [0.1, 0.15) is 10.8 Å². The highest BCUT2D eigenvalue weighted by Gasteiger charge is 2.08. The molecule has 0 amide bonds. The molecule has 2 nitrogen and oxygen atoms in total. The first-order valence-corrected chi connectivity index (χ1v) is 6.42. The average Bonchev–Trinajstić information content (AvgIpc) is 2.83. The number of aryl methyl sites for hydroxylation is 1. The highest BCUT2D eigenvalue weighted by atomic mass is 32.1. The monoisotopic (exact) mass is 250 g/mol. The van der Waals surface area contributed by atoms with E-state index in [0.29, 0.717) is 6.54 Å². The maximum absolute atomic E-state index is 13.1. The molecule has 1 atom stereocenters. The summed E-state index contributed by atoms with van der Waals surface area (Å²) in [6.45, 7) is 4.71. The van der Waals surface area contributed by atoms with Crippen molar-refractivity contribution in [3.8, 4) is 0 Å². The first-order valence-electron chi connectivity index (χ1n) is 5.54. The molecule has 1 unspecified atom stereocenters. The van der Waals surface area contributed by atoms with Crippen molar-refractivity contribution in [1.29, 1.82) is 0 Å². The Bertz CT molecular complexity index is 482. The molecule has 0 spiro atoms. The minimum absolute atomic E-state index is 0.186. The van der Waals surface area contributed by atoms with E-state index in [9.17, 15) is 4.39 Å². The van der Waals surface area contributed by atoms with E-state index >= 15 is 0 Å². The fourth-order valence-electron chi connectivity index (χ4n) is 1.63. The van der Waals surface area contributed by atoms with E-state index < -0.39 is 0 Å². The first kappa shape index (κ1) is 12.2. The molecule has 0 radical (unpaired) electrons. The zero-order valence-electron chi connectivity index (χ0n) is 9.90. The van der Waals surface area contributed by atoms with E-state index in [-0.39, 0.29) is 11.9 Å². The molecular formula is C13H15FN2S. The SMILES string of the molecule is Cc1ccc(F)cc1CNC(C)c1nccs1. The Balaban J connectivity index is 2.00. The Morgan fingerprint density at radius 2 is 2.29 bits per heavy atom. The fourth-order valence-corrected chi connectivity index (χ4v) is 2.30. The molecule has 0 aliphatic rings. The van der Waals surface area contributed by atoms with Gasteiger partial charge in [0.05, 0.1) is 6.04 Å². The lowest BCUT2D eigenvalue weighted by atomic mass is 10.1. The lowest BCUT2D eigenvalue weighted by Gasteiger charge is -2.12. The molecule has 0 aliphatic heterocycles. The Morgan fingerprint density at radius 1 is 1.47 bits per heavy atom. The number of rotatable bonds is 4. The van der Waals surface area contributed by atoms with Gasteiger partial charge in [-0.05, 0) is 37.1 Å². The number of hydrogen-bond donors (Lipinski definition) is 1. The number of nitrogens with zero attached hydrogens (tertiary/aromatic N) is 1. The van der Waals surface area contributed by atoms with E-state index in [4.69, 9.17) is 0 Å². The molecule has 2 aromatic rings. The van der Waals surface area contributed by atoms with E-state index in [1.54, 1.807) is 29.7 Å². The summed E-state index contributed by atoms with van der Waals surface area (Å²) in [5, 5.41) is 6.36. The summed E-state index contributed by atoms with van der Waals surface area (Å²) in [5.74, 6) is -0.186. The van der Waals surface area contributed by atoms with Crippen molar-refractivity contribution in [2.45, 2.75) is 26.4 Å². The summed E-state index contributed by atoms with van der Waals surface area (Å²) in [7, 11) is 0. The summed E-state index contributed by atoms with van der Waals surface area (Å²) in [6.07, 6.45) is 1.80. The quantitative estimate of drug-likeness (QED) is 0.899. The zero-order chi connectivity index (χ0) is 12.3. The van der Waals surface area contributed by atoms with Gasteiger partial charge in [0, 0.05) is 18.1 Å². The molecular weight excluding hydrogens is 235 g/mol. The molecule has 2 rings (SSSR count).